The quantitative estimate of drug-likeness (QED) is 0.665. The molecular formula is C9H8F4N2. The summed E-state index contributed by atoms with van der Waals surface area (Å²) in [6.45, 7) is 0. The van der Waals surface area contributed by atoms with Gasteiger partial charge in [-0.1, -0.05) is 0 Å². The molecule has 2 aliphatic carbocycles. The molecule has 1 saturated carbocycles. The maximum absolute atomic E-state index is 13.6. The number of fused-ring (bicyclic) bond motifs is 3. The Labute approximate surface area is 82.9 Å². The third-order valence-electron chi connectivity index (χ3n) is 3.26. The van der Waals surface area contributed by atoms with Crippen LogP contribution in [0.3, 0.4) is 0 Å². The van der Waals surface area contributed by atoms with Gasteiger partial charge in [0.25, 0.3) is 12.3 Å². The predicted octanol–water partition coefficient (Wildman–Crippen LogP) is 2.57. The standard InChI is InChI=1S/C9H8F4N2/c1-15-7-5(6(14-15)8(10)11)3-2-4(3)9(7,12)13/h3-4,8H,2H2,1H3/t3-,4+/m0/s1. The molecule has 1 aromatic rings. The summed E-state index contributed by atoms with van der Waals surface area (Å²) in [5.74, 6) is -4.14. The van der Waals surface area contributed by atoms with Crippen LogP contribution in [0.25, 0.3) is 0 Å². The fourth-order valence-corrected chi connectivity index (χ4v) is 2.57. The van der Waals surface area contributed by atoms with E-state index in [0.29, 0.717) is 6.42 Å². The maximum Gasteiger partial charge on any atom is 0.293 e. The second-order valence-electron chi connectivity index (χ2n) is 4.14. The van der Waals surface area contributed by atoms with Gasteiger partial charge in [-0.3, -0.25) is 4.68 Å². The number of aromatic nitrogens is 2. The van der Waals surface area contributed by atoms with Gasteiger partial charge in [-0.2, -0.15) is 13.9 Å². The molecule has 0 radical (unpaired) electrons. The topological polar surface area (TPSA) is 17.8 Å². The van der Waals surface area contributed by atoms with E-state index in [4.69, 9.17) is 0 Å². The van der Waals surface area contributed by atoms with Crippen LogP contribution in [0.2, 0.25) is 0 Å². The highest BCUT2D eigenvalue weighted by atomic mass is 19.3. The van der Waals surface area contributed by atoms with Crippen LogP contribution >= 0.6 is 0 Å². The molecule has 82 valence electrons. The Balaban J connectivity index is 2.23. The number of rotatable bonds is 1. The zero-order valence-electron chi connectivity index (χ0n) is 7.85. The average molecular weight is 220 g/mol. The average Bonchev–Trinajstić information content (AvgIpc) is 2.78. The van der Waals surface area contributed by atoms with Crippen LogP contribution in [0.4, 0.5) is 17.6 Å². The van der Waals surface area contributed by atoms with Gasteiger partial charge in [0.15, 0.2) is 0 Å². The highest BCUT2D eigenvalue weighted by Crippen LogP contribution is 2.67. The lowest BCUT2D eigenvalue weighted by Gasteiger charge is -2.12. The summed E-state index contributed by atoms with van der Waals surface area (Å²) in [7, 11) is 1.30. The minimum atomic E-state index is -2.98. The van der Waals surface area contributed by atoms with E-state index in [1.165, 1.54) is 7.05 Å². The van der Waals surface area contributed by atoms with Crippen LogP contribution in [0.5, 0.6) is 0 Å². The van der Waals surface area contributed by atoms with Crippen LogP contribution in [-0.4, -0.2) is 9.78 Å². The minimum Gasteiger partial charge on any atom is -0.266 e. The van der Waals surface area contributed by atoms with Crippen molar-refractivity contribution < 1.29 is 17.6 Å². The summed E-state index contributed by atoms with van der Waals surface area (Å²) in [6, 6.07) is 0. The van der Waals surface area contributed by atoms with E-state index >= 15 is 0 Å². The van der Waals surface area contributed by atoms with Crippen molar-refractivity contribution in [3.63, 3.8) is 0 Å². The van der Waals surface area contributed by atoms with E-state index < -0.39 is 29.9 Å². The molecule has 3 rings (SSSR count). The van der Waals surface area contributed by atoms with Crippen LogP contribution in [0.1, 0.15) is 35.7 Å². The van der Waals surface area contributed by atoms with Crippen molar-refractivity contribution >= 4 is 0 Å². The van der Waals surface area contributed by atoms with E-state index in [2.05, 4.69) is 5.10 Å². The molecule has 1 heterocycles. The zero-order chi connectivity index (χ0) is 11.0. The molecule has 0 N–H and O–H groups in total. The SMILES string of the molecule is Cn1nc(C(F)F)c2c1C(F)(F)[C@@H]1C[C@H]21. The number of alkyl halides is 4. The molecule has 0 bridgehead atoms. The molecule has 0 aliphatic heterocycles. The molecule has 0 saturated heterocycles. The van der Waals surface area contributed by atoms with Gasteiger partial charge in [-0.15, -0.1) is 0 Å². The molecule has 0 unspecified atom stereocenters. The highest BCUT2D eigenvalue weighted by molar-refractivity contribution is 5.46. The Hall–Kier alpha value is -1.07. The second kappa shape index (κ2) is 2.36. The number of hydrogen-bond acceptors (Lipinski definition) is 1. The first-order valence-corrected chi connectivity index (χ1v) is 4.67. The normalized spacial score (nSPS) is 30.5. The Morgan fingerprint density at radius 2 is 2.13 bits per heavy atom. The lowest BCUT2D eigenvalue weighted by Crippen LogP contribution is -2.18. The third kappa shape index (κ3) is 0.922. The predicted molar refractivity (Wildman–Crippen MR) is 42.9 cm³/mol. The van der Waals surface area contributed by atoms with Crippen molar-refractivity contribution in [3.8, 4) is 0 Å². The van der Waals surface area contributed by atoms with Crippen molar-refractivity contribution in [2.45, 2.75) is 24.7 Å². The fourth-order valence-electron chi connectivity index (χ4n) is 2.57. The van der Waals surface area contributed by atoms with Gasteiger partial charge < -0.3 is 0 Å². The summed E-state index contributed by atoms with van der Waals surface area (Å²) in [4.78, 5) is 0. The molecule has 2 aliphatic rings. The van der Waals surface area contributed by atoms with E-state index in [1.54, 1.807) is 0 Å². The minimum absolute atomic E-state index is 0.0995. The van der Waals surface area contributed by atoms with E-state index in [9.17, 15) is 17.6 Å². The van der Waals surface area contributed by atoms with Crippen LogP contribution in [0, 0.1) is 5.92 Å². The van der Waals surface area contributed by atoms with E-state index in [1.807, 2.05) is 0 Å². The summed E-state index contributed by atoms with van der Waals surface area (Å²) in [5.41, 5.74) is -0.668. The summed E-state index contributed by atoms with van der Waals surface area (Å²) >= 11 is 0. The second-order valence-corrected chi connectivity index (χ2v) is 4.14. The molecule has 0 amide bonds. The zero-order valence-corrected chi connectivity index (χ0v) is 7.85. The van der Waals surface area contributed by atoms with Gasteiger partial charge >= 0.3 is 0 Å². The summed E-state index contributed by atoms with van der Waals surface area (Å²) < 4.78 is 53.2. The number of halogens is 4. The molecular weight excluding hydrogens is 212 g/mol. The monoisotopic (exact) mass is 220 g/mol. The molecule has 2 atom stereocenters. The molecule has 1 fully saturated rings. The Kier molecular flexibility index (Phi) is 1.44. The Bertz CT molecular complexity index is 438. The van der Waals surface area contributed by atoms with Gasteiger partial charge in [0.1, 0.15) is 11.4 Å². The molecule has 0 spiro atoms. The summed E-state index contributed by atoms with van der Waals surface area (Å²) in [6.07, 6.45) is -2.46. The van der Waals surface area contributed by atoms with Crippen molar-refractivity contribution in [3.05, 3.63) is 17.0 Å². The molecule has 2 nitrogen and oxygen atoms in total. The van der Waals surface area contributed by atoms with E-state index in [0.717, 1.165) is 4.68 Å². The lowest BCUT2D eigenvalue weighted by atomic mass is 10.1. The maximum atomic E-state index is 13.6. The molecule has 6 heteroatoms. The van der Waals surface area contributed by atoms with Gasteiger partial charge in [0, 0.05) is 18.5 Å². The smallest absolute Gasteiger partial charge is 0.266 e. The van der Waals surface area contributed by atoms with Gasteiger partial charge in [-0.25, -0.2) is 8.78 Å². The first-order chi connectivity index (χ1) is 6.94. The first kappa shape index (κ1) is 9.18. The van der Waals surface area contributed by atoms with Crippen LogP contribution in [0.15, 0.2) is 0 Å². The fraction of sp³-hybridized carbons (Fsp3) is 0.667. The van der Waals surface area contributed by atoms with Crippen LogP contribution in [-0.2, 0) is 13.0 Å². The van der Waals surface area contributed by atoms with Crippen molar-refractivity contribution in [1.29, 1.82) is 0 Å². The van der Waals surface area contributed by atoms with Gasteiger partial charge in [0.05, 0.1) is 0 Å². The Morgan fingerprint density at radius 3 is 2.73 bits per heavy atom. The number of aryl methyl sites for hydroxylation is 1. The Morgan fingerprint density at radius 1 is 1.47 bits per heavy atom. The van der Waals surface area contributed by atoms with E-state index in [-0.39, 0.29) is 11.3 Å². The summed E-state index contributed by atoms with van der Waals surface area (Å²) in [5, 5.41) is 3.49. The molecule has 15 heavy (non-hydrogen) atoms. The van der Waals surface area contributed by atoms with Crippen molar-refractivity contribution in [1.82, 2.24) is 9.78 Å². The van der Waals surface area contributed by atoms with Gasteiger partial charge in [-0.05, 0) is 12.3 Å². The highest BCUT2D eigenvalue weighted by Gasteiger charge is 2.66. The molecule has 0 aromatic carbocycles. The molecule has 1 aromatic heterocycles. The lowest BCUT2D eigenvalue weighted by molar-refractivity contribution is -0.0302. The third-order valence-corrected chi connectivity index (χ3v) is 3.26. The van der Waals surface area contributed by atoms with Crippen molar-refractivity contribution in [2.24, 2.45) is 13.0 Å². The number of hydrogen-bond donors (Lipinski definition) is 0. The van der Waals surface area contributed by atoms with Crippen LogP contribution < -0.4 is 0 Å². The van der Waals surface area contributed by atoms with Crippen molar-refractivity contribution in [2.75, 3.05) is 0 Å². The van der Waals surface area contributed by atoms with Gasteiger partial charge in [0.2, 0.25) is 0 Å². The first-order valence-electron chi connectivity index (χ1n) is 4.67. The number of nitrogens with zero attached hydrogens (tertiary/aromatic N) is 2. The largest absolute Gasteiger partial charge is 0.293 e.